The predicted octanol–water partition coefficient (Wildman–Crippen LogP) is 2.70. The Balaban J connectivity index is 1.49. The van der Waals surface area contributed by atoms with E-state index in [1.807, 2.05) is 49.4 Å². The van der Waals surface area contributed by atoms with Crippen LogP contribution in [0.25, 0.3) is 10.8 Å². The minimum atomic E-state index is -0.213. The summed E-state index contributed by atoms with van der Waals surface area (Å²) in [6, 6.07) is 13.8. The van der Waals surface area contributed by atoms with Gasteiger partial charge in [-0.05, 0) is 24.8 Å². The van der Waals surface area contributed by atoms with Crippen LogP contribution in [0.3, 0.4) is 0 Å². The molecule has 0 spiro atoms. The van der Waals surface area contributed by atoms with Crippen LogP contribution in [0, 0.1) is 0 Å². The number of unbranched alkanes of at least 4 members (excludes halogenated alkanes) is 1. The quantitative estimate of drug-likeness (QED) is 0.674. The number of nitrogens with zero attached hydrogens (tertiary/aromatic N) is 2. The molecule has 6 heteroatoms. The van der Waals surface area contributed by atoms with E-state index in [2.05, 4.69) is 27.4 Å². The second kappa shape index (κ2) is 10.4. The Hall–Kier alpha value is -2.44. The third-order valence-electron chi connectivity index (χ3n) is 5.60. The van der Waals surface area contributed by atoms with Crippen LogP contribution in [0.5, 0.6) is 0 Å². The third-order valence-corrected chi connectivity index (χ3v) is 5.60. The number of carbonyl (C=O) groups excluding carboxylic acids is 2. The molecular weight excluding hydrogens is 364 g/mol. The van der Waals surface area contributed by atoms with E-state index < -0.39 is 0 Å². The van der Waals surface area contributed by atoms with Crippen molar-refractivity contribution >= 4 is 28.3 Å². The van der Waals surface area contributed by atoms with Gasteiger partial charge in [-0.25, -0.2) is 0 Å². The smallest absolute Gasteiger partial charge is 0.241 e. The lowest BCUT2D eigenvalue weighted by Gasteiger charge is -2.37. The van der Waals surface area contributed by atoms with Crippen LogP contribution in [-0.4, -0.2) is 66.9 Å². The van der Waals surface area contributed by atoms with Crippen molar-refractivity contribution in [2.45, 2.75) is 32.7 Å². The first kappa shape index (κ1) is 21.3. The summed E-state index contributed by atoms with van der Waals surface area (Å²) in [5.74, 6) is 0.0979. The number of nitrogens with one attached hydrogen (secondary N) is 2. The number of rotatable bonds is 8. The van der Waals surface area contributed by atoms with Crippen molar-refractivity contribution in [3.05, 3.63) is 42.5 Å². The van der Waals surface area contributed by atoms with E-state index in [1.54, 1.807) is 0 Å². The van der Waals surface area contributed by atoms with Crippen LogP contribution in [0.2, 0.25) is 0 Å². The van der Waals surface area contributed by atoms with Crippen LogP contribution in [0.4, 0.5) is 5.69 Å². The highest BCUT2D eigenvalue weighted by Gasteiger charge is 2.26. The summed E-state index contributed by atoms with van der Waals surface area (Å²) in [6.45, 7) is 8.42. The normalized spacial score (nSPS) is 16.5. The van der Waals surface area contributed by atoms with E-state index in [4.69, 9.17) is 0 Å². The van der Waals surface area contributed by atoms with Gasteiger partial charge >= 0.3 is 0 Å². The maximum atomic E-state index is 12.8. The fourth-order valence-electron chi connectivity index (χ4n) is 3.71. The van der Waals surface area contributed by atoms with E-state index in [0.29, 0.717) is 6.54 Å². The fourth-order valence-corrected chi connectivity index (χ4v) is 3.71. The Morgan fingerprint density at radius 3 is 2.52 bits per heavy atom. The molecule has 1 saturated heterocycles. The Morgan fingerprint density at radius 1 is 1.03 bits per heavy atom. The van der Waals surface area contributed by atoms with Gasteiger partial charge in [0.15, 0.2) is 0 Å². The molecule has 1 aliphatic heterocycles. The minimum absolute atomic E-state index is 0.00658. The van der Waals surface area contributed by atoms with Gasteiger partial charge in [0.2, 0.25) is 11.8 Å². The lowest BCUT2D eigenvalue weighted by molar-refractivity contribution is -0.124. The van der Waals surface area contributed by atoms with Crippen molar-refractivity contribution < 1.29 is 9.59 Å². The van der Waals surface area contributed by atoms with Gasteiger partial charge in [-0.15, -0.1) is 0 Å². The van der Waals surface area contributed by atoms with Gasteiger partial charge in [-0.1, -0.05) is 49.7 Å². The summed E-state index contributed by atoms with van der Waals surface area (Å²) in [6.07, 6.45) is 2.10. The Kier molecular flexibility index (Phi) is 7.61. The van der Waals surface area contributed by atoms with Crippen LogP contribution < -0.4 is 10.6 Å². The largest absolute Gasteiger partial charge is 0.355 e. The molecule has 0 unspecified atom stereocenters. The summed E-state index contributed by atoms with van der Waals surface area (Å²) >= 11 is 0. The summed E-state index contributed by atoms with van der Waals surface area (Å²) in [5, 5.41) is 8.23. The number of fused-ring (bicyclic) bond motifs is 1. The molecule has 29 heavy (non-hydrogen) atoms. The van der Waals surface area contributed by atoms with Crippen LogP contribution in [0.15, 0.2) is 42.5 Å². The molecular formula is C23H32N4O2. The molecule has 2 N–H and O–H groups in total. The molecule has 6 nitrogen and oxygen atoms in total. The molecule has 2 amide bonds. The van der Waals surface area contributed by atoms with E-state index in [0.717, 1.165) is 62.0 Å². The topological polar surface area (TPSA) is 64.7 Å². The van der Waals surface area contributed by atoms with E-state index >= 15 is 0 Å². The van der Waals surface area contributed by atoms with Crippen LogP contribution >= 0.6 is 0 Å². The molecule has 156 valence electrons. The molecule has 3 rings (SSSR count). The molecule has 0 aromatic heterocycles. The zero-order chi connectivity index (χ0) is 20.6. The highest BCUT2D eigenvalue weighted by Crippen LogP contribution is 2.23. The molecule has 1 aliphatic rings. The van der Waals surface area contributed by atoms with Crippen LogP contribution in [0.1, 0.15) is 26.7 Å². The highest BCUT2D eigenvalue weighted by molar-refractivity contribution is 6.03. The molecule has 2 aromatic carbocycles. The van der Waals surface area contributed by atoms with Gasteiger partial charge in [0.1, 0.15) is 0 Å². The number of hydrogen-bond acceptors (Lipinski definition) is 4. The van der Waals surface area contributed by atoms with Crippen LogP contribution in [-0.2, 0) is 9.59 Å². The second-order valence-electron chi connectivity index (χ2n) is 7.71. The molecule has 0 bridgehead atoms. The van der Waals surface area contributed by atoms with Gasteiger partial charge in [0.05, 0.1) is 12.6 Å². The number of anilines is 1. The summed E-state index contributed by atoms with van der Waals surface area (Å²) in [4.78, 5) is 29.2. The lowest BCUT2D eigenvalue weighted by atomic mass is 10.1. The van der Waals surface area contributed by atoms with Gasteiger partial charge in [-0.2, -0.15) is 0 Å². The van der Waals surface area contributed by atoms with E-state index in [-0.39, 0.29) is 17.9 Å². The molecule has 1 fully saturated rings. The average molecular weight is 397 g/mol. The first-order valence-electron chi connectivity index (χ1n) is 10.6. The fraction of sp³-hybridized carbons (Fsp3) is 0.478. The third kappa shape index (κ3) is 5.78. The molecule has 0 aliphatic carbocycles. The van der Waals surface area contributed by atoms with Gasteiger partial charge in [0.25, 0.3) is 0 Å². The summed E-state index contributed by atoms with van der Waals surface area (Å²) < 4.78 is 0. The Bertz CT molecular complexity index is 825. The number of piperazine rings is 1. The predicted molar refractivity (Wildman–Crippen MR) is 118 cm³/mol. The molecule has 0 saturated carbocycles. The van der Waals surface area contributed by atoms with E-state index in [1.165, 1.54) is 0 Å². The zero-order valence-electron chi connectivity index (χ0n) is 17.5. The number of amides is 2. The highest BCUT2D eigenvalue weighted by atomic mass is 16.2. The lowest BCUT2D eigenvalue weighted by Crippen LogP contribution is -2.54. The van der Waals surface area contributed by atoms with Crippen molar-refractivity contribution in [3.63, 3.8) is 0 Å². The van der Waals surface area contributed by atoms with E-state index in [9.17, 15) is 9.59 Å². The first-order chi connectivity index (χ1) is 14.1. The van der Waals surface area contributed by atoms with Crippen molar-refractivity contribution in [1.29, 1.82) is 0 Å². The average Bonchev–Trinajstić information content (AvgIpc) is 2.74. The van der Waals surface area contributed by atoms with Gasteiger partial charge in [-0.3, -0.25) is 19.4 Å². The SMILES string of the molecule is CCCCNC(=O)CN1CCN([C@H](C)C(=O)Nc2cccc3ccccc23)CC1. The summed E-state index contributed by atoms with van der Waals surface area (Å²) in [5.41, 5.74) is 0.849. The van der Waals surface area contributed by atoms with Crippen molar-refractivity contribution in [2.24, 2.45) is 0 Å². The number of carbonyl (C=O) groups is 2. The molecule has 1 atom stereocenters. The second-order valence-corrected chi connectivity index (χ2v) is 7.71. The standard InChI is InChI=1S/C23H32N4O2/c1-3-4-12-24-22(28)17-26-13-15-27(16-14-26)18(2)23(29)25-21-11-7-9-19-8-5-6-10-20(19)21/h5-11,18H,3-4,12-17H2,1-2H3,(H,24,28)(H,25,29)/t18-/m1/s1. The zero-order valence-corrected chi connectivity index (χ0v) is 17.5. The first-order valence-corrected chi connectivity index (χ1v) is 10.6. The van der Waals surface area contributed by atoms with Gasteiger partial charge in [0, 0.05) is 43.8 Å². The minimum Gasteiger partial charge on any atom is -0.355 e. The maximum Gasteiger partial charge on any atom is 0.241 e. The Morgan fingerprint density at radius 2 is 1.76 bits per heavy atom. The van der Waals surface area contributed by atoms with Crippen molar-refractivity contribution in [3.8, 4) is 0 Å². The number of benzene rings is 2. The Labute approximate surface area is 173 Å². The molecule has 2 aromatic rings. The van der Waals surface area contributed by atoms with Crippen molar-refractivity contribution in [1.82, 2.24) is 15.1 Å². The maximum absolute atomic E-state index is 12.8. The monoisotopic (exact) mass is 396 g/mol. The molecule has 1 heterocycles. The summed E-state index contributed by atoms with van der Waals surface area (Å²) in [7, 11) is 0. The van der Waals surface area contributed by atoms with Gasteiger partial charge < -0.3 is 10.6 Å². The van der Waals surface area contributed by atoms with Crippen molar-refractivity contribution in [2.75, 3.05) is 44.6 Å². The number of hydrogen-bond donors (Lipinski definition) is 2. The molecule has 0 radical (unpaired) electrons.